The molecule has 0 aliphatic heterocycles. The van der Waals surface area contributed by atoms with E-state index in [9.17, 15) is 14.4 Å². The number of esters is 1. The minimum atomic E-state index is -0.679. The summed E-state index contributed by atoms with van der Waals surface area (Å²) in [4.78, 5) is 42.8. The number of nitrogens with one attached hydrogen (secondary N) is 1. The Balaban J connectivity index is 1.88. The van der Waals surface area contributed by atoms with Gasteiger partial charge in [-0.15, -0.1) is 0 Å². The fourth-order valence-corrected chi connectivity index (χ4v) is 3.42. The lowest BCUT2D eigenvalue weighted by molar-refractivity contribution is -0.134. The molecule has 0 saturated heterocycles. The van der Waals surface area contributed by atoms with Crippen LogP contribution in [0.1, 0.15) is 64.6 Å². The molecule has 0 radical (unpaired) electrons. The Bertz CT molecular complexity index is 877. The second-order valence-corrected chi connectivity index (χ2v) is 7.21. The lowest BCUT2D eigenvalue weighted by Gasteiger charge is -2.28. The molecular formula is C21H26N2O5. The van der Waals surface area contributed by atoms with Crippen molar-refractivity contribution in [2.45, 2.75) is 53.1 Å². The van der Waals surface area contributed by atoms with Crippen molar-refractivity contribution in [1.29, 1.82) is 0 Å². The number of furan rings is 1. The Labute approximate surface area is 164 Å². The maximum absolute atomic E-state index is 13.3. The van der Waals surface area contributed by atoms with Gasteiger partial charge in [0.2, 0.25) is 5.91 Å². The number of aromatic amines is 1. The van der Waals surface area contributed by atoms with Crippen LogP contribution in [0.5, 0.6) is 0 Å². The molecule has 28 heavy (non-hydrogen) atoms. The number of ketones is 1. The molecule has 0 spiro atoms. The van der Waals surface area contributed by atoms with E-state index in [-0.39, 0.29) is 36.5 Å². The van der Waals surface area contributed by atoms with Gasteiger partial charge in [-0.25, -0.2) is 4.79 Å². The summed E-state index contributed by atoms with van der Waals surface area (Å²) in [5.74, 6) is -0.121. The van der Waals surface area contributed by atoms with Crippen LogP contribution < -0.4 is 0 Å². The predicted molar refractivity (Wildman–Crippen MR) is 102 cm³/mol. The largest absolute Gasteiger partial charge is 0.467 e. The summed E-state index contributed by atoms with van der Waals surface area (Å²) in [5, 5.41) is 0. The highest BCUT2D eigenvalue weighted by atomic mass is 16.5. The van der Waals surface area contributed by atoms with Crippen LogP contribution in [0.2, 0.25) is 0 Å². The molecule has 7 heteroatoms. The maximum atomic E-state index is 13.3. The van der Waals surface area contributed by atoms with Crippen molar-refractivity contribution in [1.82, 2.24) is 9.88 Å². The van der Waals surface area contributed by atoms with Crippen LogP contribution in [-0.4, -0.2) is 40.2 Å². The molecule has 0 bridgehead atoms. The second kappa shape index (κ2) is 8.04. The number of rotatable bonds is 8. The molecule has 1 saturated carbocycles. The number of hydrogen-bond acceptors (Lipinski definition) is 5. The normalized spacial score (nSPS) is 14.6. The average molecular weight is 386 g/mol. The van der Waals surface area contributed by atoms with Gasteiger partial charge in [-0.05, 0) is 58.2 Å². The molecular weight excluding hydrogens is 360 g/mol. The van der Waals surface area contributed by atoms with Crippen molar-refractivity contribution in [3.8, 4) is 0 Å². The monoisotopic (exact) mass is 386 g/mol. The average Bonchev–Trinajstić information content (AvgIpc) is 3.30. The fourth-order valence-electron chi connectivity index (χ4n) is 3.42. The highest BCUT2D eigenvalue weighted by Gasteiger charge is 2.38. The molecule has 1 N–H and O–H groups in total. The second-order valence-electron chi connectivity index (χ2n) is 7.21. The van der Waals surface area contributed by atoms with Crippen LogP contribution in [0, 0.1) is 19.8 Å². The lowest BCUT2D eigenvalue weighted by Crippen LogP contribution is -2.43. The SMILES string of the molecule is CCOC(=O)c1[nH]c(C)c(C(=O)C(C)N(Cc2ccco2)C(=O)C2CC2)c1C. The van der Waals surface area contributed by atoms with Gasteiger partial charge < -0.3 is 19.0 Å². The fraction of sp³-hybridized carbons (Fsp3) is 0.476. The number of carbonyl (C=O) groups is 3. The number of hydrogen-bond donors (Lipinski definition) is 1. The van der Waals surface area contributed by atoms with Crippen molar-refractivity contribution in [2.75, 3.05) is 6.61 Å². The minimum absolute atomic E-state index is 0.0197. The zero-order valence-electron chi connectivity index (χ0n) is 16.7. The van der Waals surface area contributed by atoms with Gasteiger partial charge in [-0.1, -0.05) is 0 Å². The van der Waals surface area contributed by atoms with Crippen molar-refractivity contribution >= 4 is 17.7 Å². The van der Waals surface area contributed by atoms with E-state index in [4.69, 9.17) is 9.15 Å². The Morgan fingerprint density at radius 2 is 2.04 bits per heavy atom. The number of amides is 1. The molecule has 2 heterocycles. The number of carbonyl (C=O) groups excluding carboxylic acids is 3. The first kappa shape index (κ1) is 19.9. The number of H-pyrrole nitrogens is 1. The zero-order chi connectivity index (χ0) is 20.4. The van der Waals surface area contributed by atoms with Gasteiger partial charge >= 0.3 is 5.97 Å². The topological polar surface area (TPSA) is 92.6 Å². The third kappa shape index (κ3) is 3.88. The van der Waals surface area contributed by atoms with E-state index in [1.165, 1.54) is 0 Å². The minimum Gasteiger partial charge on any atom is -0.467 e. The van der Waals surface area contributed by atoms with E-state index in [0.29, 0.717) is 22.6 Å². The van der Waals surface area contributed by atoms with Crippen molar-refractivity contribution in [3.05, 3.63) is 46.7 Å². The van der Waals surface area contributed by atoms with E-state index >= 15 is 0 Å². The Kier molecular flexibility index (Phi) is 5.72. The van der Waals surface area contributed by atoms with E-state index < -0.39 is 12.0 Å². The molecule has 2 aromatic heterocycles. The smallest absolute Gasteiger partial charge is 0.355 e. The first-order valence-corrected chi connectivity index (χ1v) is 9.58. The molecule has 1 aliphatic rings. The third-order valence-corrected chi connectivity index (χ3v) is 5.13. The third-order valence-electron chi connectivity index (χ3n) is 5.13. The summed E-state index contributed by atoms with van der Waals surface area (Å²) in [6.45, 7) is 7.41. The summed E-state index contributed by atoms with van der Waals surface area (Å²) in [5.41, 5.74) is 1.85. The number of nitrogens with zero attached hydrogens (tertiary/aromatic N) is 1. The van der Waals surface area contributed by atoms with E-state index in [0.717, 1.165) is 12.8 Å². The maximum Gasteiger partial charge on any atom is 0.355 e. The molecule has 1 atom stereocenters. The van der Waals surface area contributed by atoms with Gasteiger partial charge in [0.05, 0.1) is 25.5 Å². The van der Waals surface area contributed by atoms with Crippen molar-refractivity contribution in [3.63, 3.8) is 0 Å². The van der Waals surface area contributed by atoms with E-state index in [1.54, 1.807) is 51.0 Å². The Morgan fingerprint density at radius 1 is 1.32 bits per heavy atom. The molecule has 1 aliphatic carbocycles. The van der Waals surface area contributed by atoms with Crippen LogP contribution in [0.25, 0.3) is 0 Å². The first-order valence-electron chi connectivity index (χ1n) is 9.58. The summed E-state index contributed by atoms with van der Waals surface area (Å²) < 4.78 is 10.4. The van der Waals surface area contributed by atoms with Crippen LogP contribution in [0.3, 0.4) is 0 Å². The molecule has 3 rings (SSSR count). The molecule has 150 valence electrons. The van der Waals surface area contributed by atoms with Gasteiger partial charge in [-0.3, -0.25) is 9.59 Å². The molecule has 2 aromatic rings. The summed E-state index contributed by atoms with van der Waals surface area (Å²) in [6.07, 6.45) is 3.25. The molecule has 1 fully saturated rings. The zero-order valence-corrected chi connectivity index (χ0v) is 16.7. The van der Waals surface area contributed by atoms with Gasteiger partial charge in [0.15, 0.2) is 5.78 Å². The van der Waals surface area contributed by atoms with E-state index in [2.05, 4.69) is 4.98 Å². The molecule has 0 aromatic carbocycles. The summed E-state index contributed by atoms with van der Waals surface area (Å²) in [6, 6.07) is 2.87. The highest BCUT2D eigenvalue weighted by Crippen LogP contribution is 2.33. The van der Waals surface area contributed by atoms with Gasteiger partial charge in [0.25, 0.3) is 0 Å². The number of Topliss-reactive ketones (excluding diaryl/α,β-unsaturated/α-hetero) is 1. The van der Waals surface area contributed by atoms with Crippen molar-refractivity contribution < 1.29 is 23.5 Å². The molecule has 7 nitrogen and oxygen atoms in total. The van der Waals surface area contributed by atoms with Crippen LogP contribution in [0.15, 0.2) is 22.8 Å². The molecule has 1 unspecified atom stereocenters. The quantitative estimate of drug-likeness (QED) is 0.554. The number of aryl methyl sites for hydroxylation is 1. The number of ether oxygens (including phenoxy) is 1. The number of aromatic nitrogens is 1. The van der Waals surface area contributed by atoms with Gasteiger partial charge in [0, 0.05) is 17.2 Å². The lowest BCUT2D eigenvalue weighted by atomic mass is 9.99. The van der Waals surface area contributed by atoms with Gasteiger partial charge in [-0.2, -0.15) is 0 Å². The standard InChI is InChI=1S/C21H26N2O5/c1-5-27-21(26)18-12(2)17(13(3)22-18)19(24)14(4)23(20(25)15-8-9-15)11-16-7-6-10-28-16/h6-7,10,14-15,22H,5,8-9,11H2,1-4H3. The molecule has 1 amide bonds. The highest BCUT2D eigenvalue weighted by molar-refractivity contribution is 6.06. The first-order chi connectivity index (χ1) is 13.3. The Hall–Kier alpha value is -2.83. The van der Waals surface area contributed by atoms with Crippen LogP contribution in [0.4, 0.5) is 0 Å². The summed E-state index contributed by atoms with van der Waals surface area (Å²) >= 11 is 0. The van der Waals surface area contributed by atoms with Crippen LogP contribution >= 0.6 is 0 Å². The van der Waals surface area contributed by atoms with E-state index in [1.807, 2.05) is 0 Å². The summed E-state index contributed by atoms with van der Waals surface area (Å²) in [7, 11) is 0. The Morgan fingerprint density at radius 3 is 2.61 bits per heavy atom. The predicted octanol–water partition coefficient (Wildman–Crippen LogP) is 3.41. The van der Waals surface area contributed by atoms with Crippen LogP contribution in [-0.2, 0) is 16.1 Å². The van der Waals surface area contributed by atoms with Gasteiger partial charge in [0.1, 0.15) is 11.5 Å². The van der Waals surface area contributed by atoms with Crippen molar-refractivity contribution in [2.24, 2.45) is 5.92 Å².